The highest BCUT2D eigenvalue weighted by Crippen LogP contribution is 2.20. The Balaban J connectivity index is 1.63. The molecule has 0 aromatic heterocycles. The summed E-state index contributed by atoms with van der Waals surface area (Å²) in [7, 11) is 0. The lowest BCUT2D eigenvalue weighted by Gasteiger charge is -2.35. The van der Waals surface area contributed by atoms with Gasteiger partial charge in [-0.2, -0.15) is 0 Å². The molecule has 124 valence electrons. The molecule has 3 unspecified atom stereocenters. The number of hydrogen-bond acceptors (Lipinski definition) is 3. The van der Waals surface area contributed by atoms with Crippen molar-refractivity contribution in [2.24, 2.45) is 5.92 Å². The monoisotopic (exact) mass is 315 g/mol. The Morgan fingerprint density at radius 1 is 1.35 bits per heavy atom. The van der Waals surface area contributed by atoms with Crippen LogP contribution in [0.3, 0.4) is 0 Å². The second-order valence-electron chi connectivity index (χ2n) is 6.71. The SMILES string of the molecule is CC1CCNC(=O)C1NC(=O)C(C)N1CCc2ccccc2C1. The van der Waals surface area contributed by atoms with E-state index in [-0.39, 0.29) is 23.8 Å². The molecule has 2 aliphatic rings. The van der Waals surface area contributed by atoms with Gasteiger partial charge < -0.3 is 10.6 Å². The molecule has 0 radical (unpaired) electrons. The van der Waals surface area contributed by atoms with E-state index in [9.17, 15) is 9.59 Å². The van der Waals surface area contributed by atoms with Crippen molar-refractivity contribution in [3.63, 3.8) is 0 Å². The van der Waals surface area contributed by atoms with Crippen LogP contribution < -0.4 is 10.6 Å². The molecule has 0 spiro atoms. The van der Waals surface area contributed by atoms with Gasteiger partial charge in [-0.05, 0) is 36.8 Å². The van der Waals surface area contributed by atoms with Gasteiger partial charge in [-0.25, -0.2) is 0 Å². The van der Waals surface area contributed by atoms with Crippen LogP contribution in [0.5, 0.6) is 0 Å². The molecule has 2 aliphatic heterocycles. The number of amides is 2. The van der Waals surface area contributed by atoms with Crippen molar-refractivity contribution in [3.05, 3.63) is 35.4 Å². The second-order valence-corrected chi connectivity index (χ2v) is 6.71. The molecule has 3 atom stereocenters. The lowest BCUT2D eigenvalue weighted by molar-refractivity contribution is -0.134. The summed E-state index contributed by atoms with van der Waals surface area (Å²) in [4.78, 5) is 26.7. The molecule has 23 heavy (non-hydrogen) atoms. The van der Waals surface area contributed by atoms with Crippen LogP contribution >= 0.6 is 0 Å². The van der Waals surface area contributed by atoms with Crippen LogP contribution in [0.2, 0.25) is 0 Å². The van der Waals surface area contributed by atoms with Gasteiger partial charge in [-0.3, -0.25) is 14.5 Å². The summed E-state index contributed by atoms with van der Waals surface area (Å²) in [6.45, 7) is 6.31. The van der Waals surface area contributed by atoms with Gasteiger partial charge in [0.2, 0.25) is 11.8 Å². The first kappa shape index (κ1) is 16.0. The molecule has 3 rings (SSSR count). The molecule has 0 aliphatic carbocycles. The third-order valence-corrected chi connectivity index (χ3v) is 5.14. The third kappa shape index (κ3) is 3.39. The molecular formula is C18H25N3O2. The van der Waals surface area contributed by atoms with E-state index in [1.807, 2.05) is 19.9 Å². The minimum atomic E-state index is -0.407. The van der Waals surface area contributed by atoms with Crippen LogP contribution in [0.1, 0.15) is 31.4 Å². The van der Waals surface area contributed by atoms with Crippen molar-refractivity contribution in [1.29, 1.82) is 0 Å². The lowest BCUT2D eigenvalue weighted by atomic mass is 9.93. The van der Waals surface area contributed by atoms with Crippen molar-refractivity contribution >= 4 is 11.8 Å². The van der Waals surface area contributed by atoms with Gasteiger partial charge in [0.25, 0.3) is 0 Å². The quantitative estimate of drug-likeness (QED) is 0.877. The largest absolute Gasteiger partial charge is 0.354 e. The highest BCUT2D eigenvalue weighted by atomic mass is 16.2. The molecule has 0 saturated carbocycles. The average molecular weight is 315 g/mol. The maximum Gasteiger partial charge on any atom is 0.242 e. The van der Waals surface area contributed by atoms with Gasteiger partial charge in [-0.15, -0.1) is 0 Å². The number of nitrogens with one attached hydrogen (secondary N) is 2. The molecule has 2 heterocycles. The number of piperidine rings is 1. The molecule has 1 aromatic carbocycles. The summed E-state index contributed by atoms with van der Waals surface area (Å²) < 4.78 is 0. The summed E-state index contributed by atoms with van der Waals surface area (Å²) >= 11 is 0. The summed E-state index contributed by atoms with van der Waals surface area (Å²) in [5, 5.41) is 5.78. The first-order valence-electron chi connectivity index (χ1n) is 8.45. The second kappa shape index (κ2) is 6.71. The fraction of sp³-hybridized carbons (Fsp3) is 0.556. The van der Waals surface area contributed by atoms with Crippen LogP contribution in [0.25, 0.3) is 0 Å². The Morgan fingerprint density at radius 2 is 2.09 bits per heavy atom. The van der Waals surface area contributed by atoms with Gasteiger partial charge in [0, 0.05) is 19.6 Å². The standard InChI is InChI=1S/C18H25N3O2/c1-12-7-9-19-18(23)16(12)20-17(22)13(2)21-10-8-14-5-3-4-6-15(14)11-21/h3-6,12-13,16H,7-11H2,1-2H3,(H,19,23)(H,20,22). The van der Waals surface area contributed by atoms with Crippen molar-refractivity contribution in [3.8, 4) is 0 Å². The lowest BCUT2D eigenvalue weighted by Crippen LogP contribution is -2.58. The Bertz CT molecular complexity index is 602. The van der Waals surface area contributed by atoms with E-state index in [0.29, 0.717) is 6.54 Å². The minimum Gasteiger partial charge on any atom is -0.354 e. The molecule has 1 fully saturated rings. The van der Waals surface area contributed by atoms with Crippen molar-refractivity contribution in [2.75, 3.05) is 13.1 Å². The first-order valence-corrected chi connectivity index (χ1v) is 8.45. The fourth-order valence-electron chi connectivity index (χ4n) is 3.45. The van der Waals surface area contributed by atoms with Gasteiger partial charge in [-0.1, -0.05) is 31.2 Å². The molecule has 5 nitrogen and oxygen atoms in total. The molecule has 2 amide bonds. The Kier molecular flexibility index (Phi) is 4.66. The Morgan fingerprint density at radius 3 is 2.83 bits per heavy atom. The third-order valence-electron chi connectivity index (χ3n) is 5.14. The Labute approximate surface area is 137 Å². The number of rotatable bonds is 3. The van der Waals surface area contributed by atoms with E-state index in [1.54, 1.807) is 0 Å². The first-order chi connectivity index (χ1) is 11.1. The Hall–Kier alpha value is -1.88. The molecule has 1 saturated heterocycles. The predicted molar refractivity (Wildman–Crippen MR) is 88.7 cm³/mol. The molecule has 5 heteroatoms. The average Bonchev–Trinajstić information content (AvgIpc) is 2.57. The van der Waals surface area contributed by atoms with Crippen LogP contribution in [-0.2, 0) is 22.6 Å². The van der Waals surface area contributed by atoms with Gasteiger partial charge in [0.1, 0.15) is 6.04 Å². The summed E-state index contributed by atoms with van der Waals surface area (Å²) in [6, 6.07) is 7.75. The number of benzene rings is 1. The summed E-state index contributed by atoms with van der Waals surface area (Å²) in [5.74, 6) is 0.0635. The number of carbonyl (C=O) groups is 2. The van der Waals surface area contributed by atoms with Crippen molar-refractivity contribution in [1.82, 2.24) is 15.5 Å². The van der Waals surface area contributed by atoms with Crippen LogP contribution in [0.15, 0.2) is 24.3 Å². The van der Waals surface area contributed by atoms with Crippen LogP contribution in [0.4, 0.5) is 0 Å². The van der Waals surface area contributed by atoms with Gasteiger partial charge in [0.05, 0.1) is 6.04 Å². The van der Waals surface area contributed by atoms with E-state index < -0.39 is 6.04 Å². The van der Waals surface area contributed by atoms with E-state index in [1.165, 1.54) is 11.1 Å². The zero-order valence-electron chi connectivity index (χ0n) is 13.8. The maximum atomic E-state index is 12.6. The van der Waals surface area contributed by atoms with E-state index >= 15 is 0 Å². The zero-order valence-corrected chi connectivity index (χ0v) is 13.8. The van der Waals surface area contributed by atoms with E-state index in [0.717, 1.165) is 25.9 Å². The summed E-state index contributed by atoms with van der Waals surface area (Å²) in [6.07, 6.45) is 1.87. The summed E-state index contributed by atoms with van der Waals surface area (Å²) in [5.41, 5.74) is 2.67. The van der Waals surface area contributed by atoms with Crippen LogP contribution in [-0.4, -0.2) is 41.9 Å². The number of hydrogen-bond donors (Lipinski definition) is 2. The zero-order chi connectivity index (χ0) is 16.4. The smallest absolute Gasteiger partial charge is 0.242 e. The maximum absolute atomic E-state index is 12.6. The highest BCUT2D eigenvalue weighted by molar-refractivity contribution is 5.90. The topological polar surface area (TPSA) is 61.4 Å². The molecule has 2 N–H and O–H groups in total. The van der Waals surface area contributed by atoms with Crippen LogP contribution in [0, 0.1) is 5.92 Å². The number of nitrogens with zero attached hydrogens (tertiary/aromatic N) is 1. The van der Waals surface area contributed by atoms with Gasteiger partial charge in [0.15, 0.2) is 0 Å². The predicted octanol–water partition coefficient (Wildman–Crippen LogP) is 1.07. The normalized spacial score (nSPS) is 26.1. The van der Waals surface area contributed by atoms with E-state index in [4.69, 9.17) is 0 Å². The minimum absolute atomic E-state index is 0.0571. The molecule has 1 aromatic rings. The molecular weight excluding hydrogens is 290 g/mol. The van der Waals surface area contributed by atoms with Crippen molar-refractivity contribution in [2.45, 2.75) is 45.3 Å². The van der Waals surface area contributed by atoms with E-state index in [2.05, 4.69) is 33.7 Å². The van der Waals surface area contributed by atoms with Gasteiger partial charge >= 0.3 is 0 Å². The highest BCUT2D eigenvalue weighted by Gasteiger charge is 2.33. The van der Waals surface area contributed by atoms with Crippen molar-refractivity contribution < 1.29 is 9.59 Å². The fourth-order valence-corrected chi connectivity index (χ4v) is 3.45. The number of carbonyl (C=O) groups excluding carboxylic acids is 2. The number of fused-ring (bicyclic) bond motifs is 1. The molecule has 0 bridgehead atoms.